The number of anilines is 1. The number of aryl methyl sites for hydroxylation is 1. The highest BCUT2D eigenvalue weighted by Crippen LogP contribution is 2.40. The van der Waals surface area contributed by atoms with Crippen molar-refractivity contribution in [1.82, 2.24) is 4.98 Å². The maximum Gasteiger partial charge on any atom is 0.332 e. The maximum atomic E-state index is 11.9. The largest absolute Gasteiger partial charge is 0.341 e. The van der Waals surface area contributed by atoms with E-state index in [1.807, 2.05) is 38.1 Å². The van der Waals surface area contributed by atoms with Crippen molar-refractivity contribution < 1.29 is 14.6 Å². The topological polar surface area (TPSA) is 85.6 Å². The Balaban J connectivity index is 2.47. The lowest BCUT2D eigenvalue weighted by molar-refractivity contribution is -0.383. The third kappa shape index (κ3) is 2.92. The second kappa shape index (κ2) is 6.95. The molecule has 26 heavy (non-hydrogen) atoms. The molecule has 0 aliphatic carbocycles. The molecule has 0 fully saturated rings. The van der Waals surface area contributed by atoms with Crippen molar-refractivity contribution >= 4 is 39.1 Å². The smallest absolute Gasteiger partial charge is 0.332 e. The van der Waals surface area contributed by atoms with Gasteiger partial charge in [0.15, 0.2) is 0 Å². The lowest BCUT2D eigenvalue weighted by Crippen LogP contribution is -2.27. The number of hydroxylamine groups is 1. The monoisotopic (exact) mass is 353 g/mol. The summed E-state index contributed by atoms with van der Waals surface area (Å²) in [5, 5.41) is 14.1. The summed E-state index contributed by atoms with van der Waals surface area (Å²) in [5.74, 6) is -0.406. The highest BCUT2D eigenvalue weighted by molar-refractivity contribution is 6.12. The second-order valence-corrected chi connectivity index (χ2v) is 5.87. The first-order valence-electron chi connectivity index (χ1n) is 8.42. The molecular formula is C19H19N3O4. The highest BCUT2D eigenvalue weighted by Gasteiger charge is 2.25. The van der Waals surface area contributed by atoms with Crippen LogP contribution in [-0.4, -0.2) is 22.4 Å². The van der Waals surface area contributed by atoms with E-state index in [0.717, 1.165) is 5.56 Å². The Labute approximate surface area is 150 Å². The molecule has 0 saturated carbocycles. The summed E-state index contributed by atoms with van der Waals surface area (Å²) in [6.07, 6.45) is 0.207. The number of hydrogen-bond donors (Lipinski definition) is 0. The van der Waals surface area contributed by atoms with Crippen molar-refractivity contribution in [3.05, 3.63) is 52.1 Å². The van der Waals surface area contributed by atoms with Crippen LogP contribution < -0.4 is 5.06 Å². The van der Waals surface area contributed by atoms with Crippen molar-refractivity contribution in [1.29, 1.82) is 0 Å². The molecule has 1 aromatic heterocycles. The fourth-order valence-corrected chi connectivity index (χ4v) is 2.96. The minimum Gasteiger partial charge on any atom is -0.341 e. The zero-order valence-electron chi connectivity index (χ0n) is 14.9. The average molecular weight is 353 g/mol. The molecule has 134 valence electrons. The predicted molar refractivity (Wildman–Crippen MR) is 100 cm³/mol. The fraction of sp³-hybridized carbons (Fsp3) is 0.263. The van der Waals surface area contributed by atoms with Crippen molar-refractivity contribution in [2.75, 3.05) is 11.6 Å². The molecule has 0 radical (unpaired) electrons. The number of benzene rings is 2. The number of nitro benzene ring substituents is 1. The van der Waals surface area contributed by atoms with Gasteiger partial charge in [-0.2, -0.15) is 0 Å². The summed E-state index contributed by atoms with van der Waals surface area (Å²) in [7, 11) is 0. The van der Waals surface area contributed by atoms with Gasteiger partial charge in [0.1, 0.15) is 11.1 Å². The van der Waals surface area contributed by atoms with Crippen LogP contribution in [0.3, 0.4) is 0 Å². The highest BCUT2D eigenvalue weighted by atomic mass is 16.7. The standard InChI is InChI=1S/C19H19N3O4/c1-4-16(23)26-21(5-2)19-13-8-6-7-9-14(13)20-18-12(3)10-11-15(17(18)19)22(24)25/h6-11H,4-5H2,1-3H3. The van der Waals surface area contributed by atoms with E-state index in [1.54, 1.807) is 13.0 Å². The number of nitro groups is 1. The average Bonchev–Trinajstić information content (AvgIpc) is 2.64. The number of hydrogen-bond acceptors (Lipinski definition) is 6. The van der Waals surface area contributed by atoms with Gasteiger partial charge in [-0.15, -0.1) is 0 Å². The van der Waals surface area contributed by atoms with Crippen LogP contribution in [0.5, 0.6) is 0 Å². The lowest BCUT2D eigenvalue weighted by Gasteiger charge is -2.24. The van der Waals surface area contributed by atoms with Crippen molar-refractivity contribution in [3.63, 3.8) is 0 Å². The molecular weight excluding hydrogens is 334 g/mol. The third-order valence-corrected chi connectivity index (χ3v) is 4.22. The van der Waals surface area contributed by atoms with E-state index in [2.05, 4.69) is 4.98 Å². The normalized spacial score (nSPS) is 10.9. The molecule has 7 nitrogen and oxygen atoms in total. The molecule has 0 amide bonds. The zero-order chi connectivity index (χ0) is 18.8. The quantitative estimate of drug-likeness (QED) is 0.386. The van der Waals surface area contributed by atoms with Gasteiger partial charge in [0.25, 0.3) is 5.69 Å². The number of aromatic nitrogens is 1. The van der Waals surface area contributed by atoms with Crippen molar-refractivity contribution in [2.45, 2.75) is 27.2 Å². The first-order valence-corrected chi connectivity index (χ1v) is 8.42. The van der Waals surface area contributed by atoms with Crippen molar-refractivity contribution in [3.8, 4) is 0 Å². The Morgan fingerprint density at radius 1 is 1.23 bits per heavy atom. The summed E-state index contributed by atoms with van der Waals surface area (Å²) >= 11 is 0. The molecule has 1 heterocycles. The Kier molecular flexibility index (Phi) is 4.71. The van der Waals surface area contributed by atoms with Gasteiger partial charge in [0.2, 0.25) is 0 Å². The van der Waals surface area contributed by atoms with Crippen LogP contribution >= 0.6 is 0 Å². The Bertz CT molecular complexity index is 1020. The number of carbonyl (C=O) groups excluding carboxylic acids is 1. The van der Waals surface area contributed by atoms with Gasteiger partial charge in [-0.1, -0.05) is 31.2 Å². The summed E-state index contributed by atoms with van der Waals surface area (Å²) < 4.78 is 0. The van der Waals surface area contributed by atoms with Crippen LogP contribution in [0, 0.1) is 17.0 Å². The second-order valence-electron chi connectivity index (χ2n) is 5.87. The van der Waals surface area contributed by atoms with Crippen LogP contribution in [0.4, 0.5) is 11.4 Å². The SMILES string of the molecule is CCC(=O)ON(CC)c1c2ccccc2nc2c(C)ccc([N+](=O)[O-])c12. The number of fused-ring (bicyclic) bond motifs is 2. The van der Waals surface area contributed by atoms with E-state index < -0.39 is 10.9 Å². The minimum atomic E-state index is -0.433. The van der Waals surface area contributed by atoms with E-state index >= 15 is 0 Å². The molecule has 0 saturated heterocycles. The van der Waals surface area contributed by atoms with E-state index in [4.69, 9.17) is 4.84 Å². The Morgan fingerprint density at radius 2 is 1.96 bits per heavy atom. The van der Waals surface area contributed by atoms with Gasteiger partial charge >= 0.3 is 5.97 Å². The lowest BCUT2D eigenvalue weighted by atomic mass is 10.0. The number of non-ortho nitro benzene ring substituents is 1. The number of para-hydroxylation sites is 1. The first kappa shape index (κ1) is 17.6. The van der Waals surface area contributed by atoms with Crippen LogP contribution in [0.25, 0.3) is 21.8 Å². The number of pyridine rings is 1. The Morgan fingerprint density at radius 3 is 2.62 bits per heavy atom. The maximum absolute atomic E-state index is 11.9. The first-order chi connectivity index (χ1) is 12.5. The summed E-state index contributed by atoms with van der Waals surface area (Å²) in [5.41, 5.74) is 2.45. The van der Waals surface area contributed by atoms with Gasteiger partial charge in [-0.05, 0) is 25.5 Å². The summed E-state index contributed by atoms with van der Waals surface area (Å²) in [6, 6.07) is 10.5. The van der Waals surface area contributed by atoms with Crippen molar-refractivity contribution in [2.24, 2.45) is 0 Å². The number of nitrogens with zero attached hydrogens (tertiary/aromatic N) is 3. The number of rotatable bonds is 5. The van der Waals surface area contributed by atoms with Gasteiger partial charge < -0.3 is 4.84 Å². The molecule has 0 aliphatic rings. The third-order valence-electron chi connectivity index (χ3n) is 4.22. The van der Waals surface area contributed by atoms with E-state index in [9.17, 15) is 14.9 Å². The Hall–Kier alpha value is -3.22. The molecule has 7 heteroatoms. The molecule has 3 rings (SSSR count). The molecule has 3 aromatic rings. The summed E-state index contributed by atoms with van der Waals surface area (Å²) in [6.45, 7) is 5.73. The molecule has 0 bridgehead atoms. The van der Waals surface area contributed by atoms with Gasteiger partial charge in [-0.3, -0.25) is 10.1 Å². The van der Waals surface area contributed by atoms with Crippen LogP contribution in [0.15, 0.2) is 36.4 Å². The molecule has 0 unspecified atom stereocenters. The van der Waals surface area contributed by atoms with Crippen LogP contribution in [0.2, 0.25) is 0 Å². The minimum absolute atomic E-state index is 0.0650. The molecule has 2 aromatic carbocycles. The summed E-state index contributed by atoms with van der Waals surface area (Å²) in [4.78, 5) is 33.2. The zero-order valence-corrected chi connectivity index (χ0v) is 14.9. The molecule has 0 spiro atoms. The molecule has 0 N–H and O–H groups in total. The predicted octanol–water partition coefficient (Wildman–Crippen LogP) is 4.30. The van der Waals surface area contributed by atoms with E-state index in [1.165, 1.54) is 11.1 Å². The van der Waals surface area contributed by atoms with Gasteiger partial charge in [-0.25, -0.2) is 14.8 Å². The fourth-order valence-electron chi connectivity index (χ4n) is 2.96. The van der Waals surface area contributed by atoms with E-state index in [0.29, 0.717) is 34.0 Å². The van der Waals surface area contributed by atoms with Crippen LogP contribution in [-0.2, 0) is 9.63 Å². The van der Waals surface area contributed by atoms with Gasteiger partial charge in [0, 0.05) is 17.9 Å². The van der Waals surface area contributed by atoms with Crippen LogP contribution in [0.1, 0.15) is 25.8 Å². The van der Waals surface area contributed by atoms with E-state index in [-0.39, 0.29) is 12.1 Å². The number of carbonyl (C=O) groups is 1. The van der Waals surface area contributed by atoms with Gasteiger partial charge in [0.05, 0.1) is 22.5 Å². The molecule has 0 atom stereocenters. The molecule has 0 aliphatic heterocycles.